The van der Waals surface area contributed by atoms with Gasteiger partial charge in [-0.3, -0.25) is 4.79 Å². The fourth-order valence-corrected chi connectivity index (χ4v) is 6.67. The summed E-state index contributed by atoms with van der Waals surface area (Å²) in [6, 6.07) is 16.2. The topological polar surface area (TPSA) is 102 Å². The fourth-order valence-electron chi connectivity index (χ4n) is 5.36. The summed E-state index contributed by atoms with van der Waals surface area (Å²) in [7, 11) is -3.92. The van der Waals surface area contributed by atoms with Gasteiger partial charge in [-0.2, -0.15) is 4.31 Å². The SMILES string of the molecule is CCCCCCCCCCN(CCNC(=O)OCC1c2ccccc2-c2ccccc21)S(=O)(=O)CC(=O)OC(C)(C)C. The van der Waals surface area contributed by atoms with Crippen molar-refractivity contribution >= 4 is 22.1 Å². The summed E-state index contributed by atoms with van der Waals surface area (Å²) in [5, 5.41) is 2.70. The van der Waals surface area contributed by atoms with E-state index >= 15 is 0 Å². The van der Waals surface area contributed by atoms with Crippen LogP contribution in [-0.2, 0) is 24.3 Å². The van der Waals surface area contributed by atoms with Gasteiger partial charge in [-0.15, -0.1) is 0 Å². The summed E-state index contributed by atoms with van der Waals surface area (Å²) < 4.78 is 38.4. The van der Waals surface area contributed by atoms with E-state index in [1.165, 1.54) is 30.0 Å². The molecule has 0 bridgehead atoms. The third-order valence-corrected chi connectivity index (χ3v) is 9.10. The van der Waals surface area contributed by atoms with E-state index in [0.29, 0.717) is 6.42 Å². The highest BCUT2D eigenvalue weighted by atomic mass is 32.2. The Balaban J connectivity index is 1.52. The van der Waals surface area contributed by atoms with Crippen molar-refractivity contribution in [2.75, 3.05) is 32.0 Å². The molecule has 1 aliphatic carbocycles. The fraction of sp³-hybridized carbons (Fsp3) is 0.576. The zero-order valence-electron chi connectivity index (χ0n) is 25.7. The second-order valence-corrected chi connectivity index (χ2v) is 13.9. The van der Waals surface area contributed by atoms with E-state index in [0.717, 1.165) is 41.5 Å². The Kier molecular flexibility index (Phi) is 12.9. The number of carbonyl (C=O) groups excluding carboxylic acids is 2. The van der Waals surface area contributed by atoms with Crippen LogP contribution in [0, 0.1) is 0 Å². The van der Waals surface area contributed by atoms with E-state index in [9.17, 15) is 18.0 Å². The van der Waals surface area contributed by atoms with Crippen LogP contribution in [0.3, 0.4) is 0 Å². The Bertz CT molecular complexity index is 1230. The molecule has 9 heteroatoms. The van der Waals surface area contributed by atoms with Gasteiger partial charge in [0.2, 0.25) is 10.0 Å². The number of rotatable bonds is 17. The third-order valence-electron chi connectivity index (χ3n) is 7.35. The van der Waals surface area contributed by atoms with Crippen molar-refractivity contribution in [1.29, 1.82) is 0 Å². The van der Waals surface area contributed by atoms with Crippen LogP contribution in [0.1, 0.15) is 96.1 Å². The zero-order valence-corrected chi connectivity index (χ0v) is 26.5. The molecule has 0 aliphatic heterocycles. The largest absolute Gasteiger partial charge is 0.459 e. The summed E-state index contributed by atoms with van der Waals surface area (Å²) in [6.07, 6.45) is 8.04. The van der Waals surface area contributed by atoms with Crippen molar-refractivity contribution in [3.05, 3.63) is 59.7 Å². The van der Waals surface area contributed by atoms with Gasteiger partial charge >= 0.3 is 12.1 Å². The number of ether oxygens (including phenoxy) is 2. The molecular formula is C33H48N2O6S. The number of hydrogen-bond acceptors (Lipinski definition) is 6. The smallest absolute Gasteiger partial charge is 0.407 e. The summed E-state index contributed by atoms with van der Waals surface area (Å²) in [5.41, 5.74) is 3.76. The first-order valence-corrected chi connectivity index (χ1v) is 16.9. The summed E-state index contributed by atoms with van der Waals surface area (Å²) in [5.74, 6) is -1.57. The Morgan fingerprint density at radius 1 is 0.833 bits per heavy atom. The molecule has 0 spiro atoms. The van der Waals surface area contributed by atoms with Gasteiger partial charge in [0, 0.05) is 25.6 Å². The van der Waals surface area contributed by atoms with Gasteiger partial charge in [0.05, 0.1) is 0 Å². The number of alkyl carbamates (subject to hydrolysis) is 1. The second kappa shape index (κ2) is 16.1. The van der Waals surface area contributed by atoms with Crippen LogP contribution in [0.5, 0.6) is 0 Å². The quantitative estimate of drug-likeness (QED) is 0.161. The van der Waals surface area contributed by atoms with Gasteiger partial charge in [-0.1, -0.05) is 100 Å². The lowest BCUT2D eigenvalue weighted by atomic mass is 9.98. The van der Waals surface area contributed by atoms with Gasteiger partial charge in [-0.25, -0.2) is 13.2 Å². The average Bonchev–Trinajstić information content (AvgIpc) is 3.24. The molecule has 1 amide bonds. The average molecular weight is 601 g/mol. The van der Waals surface area contributed by atoms with E-state index < -0.39 is 33.4 Å². The number of esters is 1. The van der Waals surface area contributed by atoms with Gasteiger partial charge in [-0.05, 0) is 49.4 Å². The van der Waals surface area contributed by atoms with Crippen molar-refractivity contribution in [3.63, 3.8) is 0 Å². The number of benzene rings is 2. The highest BCUT2D eigenvalue weighted by Gasteiger charge is 2.30. The first-order chi connectivity index (χ1) is 20.0. The Morgan fingerprint density at radius 3 is 1.95 bits per heavy atom. The van der Waals surface area contributed by atoms with Crippen LogP contribution < -0.4 is 5.32 Å². The molecule has 1 N–H and O–H groups in total. The first kappa shape index (κ1) is 33.6. The first-order valence-electron chi connectivity index (χ1n) is 15.3. The second-order valence-electron chi connectivity index (χ2n) is 12.0. The summed E-state index contributed by atoms with van der Waals surface area (Å²) in [6.45, 7) is 7.88. The van der Waals surface area contributed by atoms with E-state index in [-0.39, 0.29) is 32.2 Å². The standard InChI is InChI=1S/C33H48N2O6S/c1-5-6-7-8-9-10-11-16-22-35(42(38,39)25-31(36)41-33(2,3)4)23-21-34-32(37)40-24-30-28-19-14-12-17-26(28)27-18-13-15-20-29(27)30/h12-15,17-20,30H,5-11,16,21-25H2,1-4H3,(H,34,37). The minimum absolute atomic E-state index is 0.0474. The molecule has 8 nitrogen and oxygen atoms in total. The molecule has 2 aromatic rings. The lowest BCUT2D eigenvalue weighted by Gasteiger charge is -2.24. The molecule has 0 heterocycles. The van der Waals surface area contributed by atoms with Gasteiger partial charge < -0.3 is 14.8 Å². The number of carbonyl (C=O) groups is 2. The molecular weight excluding hydrogens is 552 g/mol. The number of fused-ring (bicyclic) bond motifs is 3. The molecule has 2 aromatic carbocycles. The monoisotopic (exact) mass is 600 g/mol. The highest BCUT2D eigenvalue weighted by molar-refractivity contribution is 7.89. The molecule has 42 heavy (non-hydrogen) atoms. The Morgan fingerprint density at radius 2 is 1.38 bits per heavy atom. The number of nitrogens with one attached hydrogen (secondary N) is 1. The maximum absolute atomic E-state index is 13.2. The molecule has 0 atom stereocenters. The van der Waals surface area contributed by atoms with E-state index in [2.05, 4.69) is 36.5 Å². The molecule has 0 aromatic heterocycles. The molecule has 0 saturated carbocycles. The van der Waals surface area contributed by atoms with Crippen molar-refractivity contribution in [2.45, 2.75) is 90.6 Å². The Hall–Kier alpha value is -2.91. The highest BCUT2D eigenvalue weighted by Crippen LogP contribution is 2.44. The number of nitrogens with zero attached hydrogens (tertiary/aromatic N) is 1. The van der Waals surface area contributed by atoms with E-state index in [1.807, 2.05) is 24.3 Å². The maximum Gasteiger partial charge on any atom is 0.407 e. The molecule has 0 saturated heterocycles. The van der Waals surface area contributed by atoms with Crippen molar-refractivity contribution < 1.29 is 27.5 Å². The predicted octanol–water partition coefficient (Wildman–Crippen LogP) is 6.64. The van der Waals surface area contributed by atoms with Crippen molar-refractivity contribution in [1.82, 2.24) is 9.62 Å². The van der Waals surface area contributed by atoms with Crippen molar-refractivity contribution in [2.24, 2.45) is 0 Å². The molecule has 232 valence electrons. The number of unbranched alkanes of at least 4 members (excludes halogenated alkanes) is 7. The zero-order chi connectivity index (χ0) is 30.6. The lowest BCUT2D eigenvalue weighted by molar-refractivity contribution is -0.151. The van der Waals surface area contributed by atoms with Crippen LogP contribution in [-0.4, -0.2) is 62.4 Å². The maximum atomic E-state index is 13.2. The number of hydrogen-bond donors (Lipinski definition) is 1. The predicted molar refractivity (Wildman–Crippen MR) is 167 cm³/mol. The molecule has 1 aliphatic rings. The number of amides is 1. The minimum Gasteiger partial charge on any atom is -0.459 e. The van der Waals surface area contributed by atoms with Gasteiger partial charge in [0.25, 0.3) is 0 Å². The van der Waals surface area contributed by atoms with Crippen LogP contribution in [0.2, 0.25) is 0 Å². The summed E-state index contributed by atoms with van der Waals surface area (Å²) >= 11 is 0. The van der Waals surface area contributed by atoms with Crippen molar-refractivity contribution in [3.8, 4) is 11.1 Å². The lowest BCUT2D eigenvalue weighted by Crippen LogP contribution is -2.42. The summed E-state index contributed by atoms with van der Waals surface area (Å²) in [4.78, 5) is 25.0. The molecule has 0 unspecified atom stereocenters. The third kappa shape index (κ3) is 10.4. The number of sulfonamides is 1. The molecule has 0 radical (unpaired) electrons. The van der Waals surface area contributed by atoms with Gasteiger partial charge in [0.15, 0.2) is 5.75 Å². The van der Waals surface area contributed by atoms with Crippen LogP contribution in [0.4, 0.5) is 4.79 Å². The van der Waals surface area contributed by atoms with E-state index in [1.54, 1.807) is 20.8 Å². The molecule has 0 fully saturated rings. The molecule has 3 rings (SSSR count). The van der Waals surface area contributed by atoms with Crippen LogP contribution in [0.25, 0.3) is 11.1 Å². The van der Waals surface area contributed by atoms with Crippen LogP contribution in [0.15, 0.2) is 48.5 Å². The Labute approximate surface area is 252 Å². The van der Waals surface area contributed by atoms with Crippen LogP contribution >= 0.6 is 0 Å². The minimum atomic E-state index is -3.92. The normalized spacial score (nSPS) is 13.1. The van der Waals surface area contributed by atoms with Gasteiger partial charge in [0.1, 0.15) is 12.2 Å². The van der Waals surface area contributed by atoms with E-state index in [4.69, 9.17) is 9.47 Å².